The Bertz CT molecular complexity index is 472. The molecule has 0 fully saturated rings. The maximum Gasteiger partial charge on any atom is 0.573 e. The van der Waals surface area contributed by atoms with Gasteiger partial charge in [-0.05, 0) is 30.0 Å². The number of alkyl halides is 3. The number of carbonyl (C=O) groups excluding carboxylic acids is 1. The second-order valence-corrected chi connectivity index (χ2v) is 5.32. The molecule has 0 heterocycles. The Balaban J connectivity index is 2.39. The highest BCUT2D eigenvalue weighted by Crippen LogP contribution is 2.22. The summed E-state index contributed by atoms with van der Waals surface area (Å²) >= 11 is 0. The van der Waals surface area contributed by atoms with Crippen LogP contribution in [0.15, 0.2) is 24.3 Å². The van der Waals surface area contributed by atoms with Gasteiger partial charge in [0.2, 0.25) is 5.91 Å². The fourth-order valence-electron chi connectivity index (χ4n) is 1.75. The fourth-order valence-corrected chi connectivity index (χ4v) is 1.75. The van der Waals surface area contributed by atoms with Crippen LogP contribution in [-0.4, -0.2) is 30.0 Å². The van der Waals surface area contributed by atoms with Crippen molar-refractivity contribution in [3.8, 4) is 5.75 Å². The smallest absolute Gasteiger partial charge is 0.406 e. The average molecular weight is 319 g/mol. The van der Waals surface area contributed by atoms with Crippen LogP contribution in [0.4, 0.5) is 13.2 Å². The molecule has 1 unspecified atom stereocenters. The van der Waals surface area contributed by atoms with Gasteiger partial charge in [-0.15, -0.1) is 13.2 Å². The summed E-state index contributed by atoms with van der Waals surface area (Å²) in [5.41, 5.74) is 0.580. The first-order valence-corrected chi connectivity index (χ1v) is 6.97. The number of hydrogen-bond acceptors (Lipinski definition) is 3. The minimum atomic E-state index is -4.73. The van der Waals surface area contributed by atoms with E-state index in [4.69, 9.17) is 0 Å². The number of halogens is 3. The van der Waals surface area contributed by atoms with Crippen LogP contribution in [0.1, 0.15) is 25.8 Å². The van der Waals surface area contributed by atoms with Gasteiger partial charge >= 0.3 is 6.36 Å². The van der Waals surface area contributed by atoms with E-state index in [1.54, 1.807) is 0 Å². The second kappa shape index (κ2) is 8.03. The van der Waals surface area contributed by atoms with Gasteiger partial charge in [-0.2, -0.15) is 0 Å². The van der Waals surface area contributed by atoms with Gasteiger partial charge in [-0.3, -0.25) is 4.79 Å². The first kappa shape index (κ1) is 18.3. The molecule has 2 N–H and O–H groups in total. The molecule has 0 saturated carbocycles. The van der Waals surface area contributed by atoms with Crippen LogP contribution in [-0.2, 0) is 11.2 Å². The summed E-state index contributed by atoms with van der Waals surface area (Å²) in [5.74, 6) is -0.449. The van der Waals surface area contributed by atoms with E-state index < -0.39 is 12.5 Å². The number of aliphatic hydroxyl groups is 1. The fraction of sp³-hybridized carbons (Fsp3) is 0.533. The number of ether oxygens (including phenoxy) is 1. The summed E-state index contributed by atoms with van der Waals surface area (Å²) in [6, 6.07) is 5.14. The van der Waals surface area contributed by atoms with Gasteiger partial charge in [0.15, 0.2) is 0 Å². The summed E-state index contributed by atoms with van der Waals surface area (Å²) < 4.78 is 39.8. The highest BCUT2D eigenvalue weighted by molar-refractivity contribution is 5.78. The summed E-state index contributed by atoms with van der Waals surface area (Å²) in [6.07, 6.45) is -4.68. The topological polar surface area (TPSA) is 58.6 Å². The molecule has 0 aliphatic carbocycles. The standard InChI is InChI=1S/C15H20F3NO3/c1-10(2)13(20)7-8-19-14(21)9-11-3-5-12(6-4-11)22-15(16,17)18/h3-6,10,13,20H,7-9H2,1-2H3,(H,19,21). The average Bonchev–Trinajstić information content (AvgIpc) is 2.39. The monoisotopic (exact) mass is 319 g/mol. The molecule has 7 heteroatoms. The number of nitrogens with one attached hydrogen (secondary N) is 1. The van der Waals surface area contributed by atoms with E-state index in [0.717, 1.165) is 0 Å². The first-order chi connectivity index (χ1) is 10.2. The predicted octanol–water partition coefficient (Wildman–Crippen LogP) is 2.65. The third-order valence-corrected chi connectivity index (χ3v) is 3.05. The van der Waals surface area contributed by atoms with Crippen molar-refractivity contribution >= 4 is 5.91 Å². The van der Waals surface area contributed by atoms with Crippen molar-refractivity contribution in [1.82, 2.24) is 5.32 Å². The van der Waals surface area contributed by atoms with Crippen LogP contribution < -0.4 is 10.1 Å². The molecule has 0 spiro atoms. The van der Waals surface area contributed by atoms with E-state index in [1.807, 2.05) is 13.8 Å². The van der Waals surface area contributed by atoms with Crippen LogP contribution >= 0.6 is 0 Å². The van der Waals surface area contributed by atoms with Crippen molar-refractivity contribution in [2.45, 2.75) is 39.2 Å². The minimum absolute atomic E-state index is 0.0596. The van der Waals surface area contributed by atoms with Crippen molar-refractivity contribution in [2.24, 2.45) is 5.92 Å². The molecule has 0 radical (unpaired) electrons. The highest BCUT2D eigenvalue weighted by atomic mass is 19.4. The molecule has 1 amide bonds. The van der Waals surface area contributed by atoms with Crippen LogP contribution in [0.3, 0.4) is 0 Å². The van der Waals surface area contributed by atoms with E-state index in [1.165, 1.54) is 24.3 Å². The van der Waals surface area contributed by atoms with Crippen molar-refractivity contribution in [2.75, 3.05) is 6.54 Å². The molecule has 124 valence electrons. The molecule has 0 bridgehead atoms. The Morgan fingerprint density at radius 2 is 1.86 bits per heavy atom. The summed E-state index contributed by atoms with van der Waals surface area (Å²) in [7, 11) is 0. The predicted molar refractivity (Wildman–Crippen MR) is 75.3 cm³/mol. The lowest BCUT2D eigenvalue weighted by Crippen LogP contribution is -2.29. The van der Waals surface area contributed by atoms with Gasteiger partial charge in [0, 0.05) is 6.54 Å². The minimum Gasteiger partial charge on any atom is -0.406 e. The Labute approximate surface area is 127 Å². The van der Waals surface area contributed by atoms with Crippen LogP contribution in [0, 0.1) is 5.92 Å². The SMILES string of the molecule is CC(C)C(O)CCNC(=O)Cc1ccc(OC(F)(F)F)cc1. The van der Waals surface area contributed by atoms with Gasteiger partial charge in [0.25, 0.3) is 0 Å². The normalized spacial score (nSPS) is 13.0. The van der Waals surface area contributed by atoms with Gasteiger partial charge in [0.1, 0.15) is 5.75 Å². The lowest BCUT2D eigenvalue weighted by molar-refractivity contribution is -0.274. The number of hydrogen-bond donors (Lipinski definition) is 2. The molecule has 1 atom stereocenters. The van der Waals surface area contributed by atoms with Crippen molar-refractivity contribution in [1.29, 1.82) is 0 Å². The molecule has 0 aromatic heterocycles. The zero-order chi connectivity index (χ0) is 16.8. The molecular weight excluding hydrogens is 299 g/mol. The number of rotatable bonds is 7. The lowest BCUT2D eigenvalue weighted by atomic mass is 10.0. The molecule has 0 saturated heterocycles. The Morgan fingerprint density at radius 1 is 1.27 bits per heavy atom. The van der Waals surface area contributed by atoms with E-state index in [0.29, 0.717) is 18.5 Å². The van der Waals surface area contributed by atoms with Crippen LogP contribution in [0.5, 0.6) is 5.75 Å². The molecular formula is C15H20F3NO3. The highest BCUT2D eigenvalue weighted by Gasteiger charge is 2.30. The quantitative estimate of drug-likeness (QED) is 0.812. The van der Waals surface area contributed by atoms with E-state index in [2.05, 4.69) is 10.1 Å². The van der Waals surface area contributed by atoms with Crippen LogP contribution in [0.25, 0.3) is 0 Å². The van der Waals surface area contributed by atoms with Gasteiger partial charge in [-0.25, -0.2) is 0 Å². The Morgan fingerprint density at radius 3 is 2.36 bits per heavy atom. The molecule has 4 nitrogen and oxygen atoms in total. The van der Waals surface area contributed by atoms with Crippen molar-refractivity contribution < 1.29 is 27.8 Å². The van der Waals surface area contributed by atoms with Gasteiger partial charge < -0.3 is 15.2 Å². The summed E-state index contributed by atoms with van der Waals surface area (Å²) in [4.78, 5) is 11.7. The third kappa shape index (κ3) is 7.31. The number of benzene rings is 1. The number of carbonyl (C=O) groups is 1. The zero-order valence-electron chi connectivity index (χ0n) is 12.5. The lowest BCUT2D eigenvalue weighted by Gasteiger charge is -2.14. The van der Waals surface area contributed by atoms with E-state index in [9.17, 15) is 23.1 Å². The molecule has 1 aromatic rings. The summed E-state index contributed by atoms with van der Waals surface area (Å²) in [5, 5.41) is 12.3. The largest absolute Gasteiger partial charge is 0.573 e. The Kier molecular flexibility index (Phi) is 6.67. The van der Waals surface area contributed by atoms with Gasteiger partial charge in [-0.1, -0.05) is 26.0 Å². The van der Waals surface area contributed by atoms with Gasteiger partial charge in [0.05, 0.1) is 12.5 Å². The molecule has 0 aliphatic heterocycles. The molecule has 22 heavy (non-hydrogen) atoms. The van der Waals surface area contributed by atoms with E-state index in [-0.39, 0.29) is 24.0 Å². The second-order valence-electron chi connectivity index (χ2n) is 5.32. The zero-order valence-corrected chi connectivity index (χ0v) is 12.5. The Hall–Kier alpha value is -1.76. The maximum absolute atomic E-state index is 12.0. The maximum atomic E-state index is 12.0. The third-order valence-electron chi connectivity index (χ3n) is 3.05. The van der Waals surface area contributed by atoms with Crippen LogP contribution in [0.2, 0.25) is 0 Å². The van der Waals surface area contributed by atoms with Crippen molar-refractivity contribution in [3.05, 3.63) is 29.8 Å². The first-order valence-electron chi connectivity index (χ1n) is 6.97. The molecule has 0 aliphatic rings. The summed E-state index contributed by atoms with van der Waals surface area (Å²) in [6.45, 7) is 4.13. The molecule has 1 rings (SSSR count). The number of amides is 1. The number of aliphatic hydroxyl groups excluding tert-OH is 1. The van der Waals surface area contributed by atoms with Crippen molar-refractivity contribution in [3.63, 3.8) is 0 Å². The molecule has 1 aromatic carbocycles. The van der Waals surface area contributed by atoms with E-state index >= 15 is 0 Å².